The van der Waals surface area contributed by atoms with Gasteiger partial charge in [-0.15, -0.1) is 0 Å². The summed E-state index contributed by atoms with van der Waals surface area (Å²) in [4.78, 5) is 16.6. The lowest BCUT2D eigenvalue weighted by molar-refractivity contribution is -0.141. The Hall–Kier alpha value is -1.72. The van der Waals surface area contributed by atoms with Crippen molar-refractivity contribution in [3.63, 3.8) is 0 Å². The van der Waals surface area contributed by atoms with Crippen molar-refractivity contribution in [1.82, 2.24) is 4.98 Å². The van der Waals surface area contributed by atoms with E-state index < -0.39 is 5.60 Å². The lowest BCUT2D eigenvalue weighted by Crippen LogP contribution is -2.48. The molecule has 0 bridgehead atoms. The SMILES string of the molecule is CC(O)(C(=O)Nc1cnc(-c2ccccc2)s1)C1CCC1. The maximum Gasteiger partial charge on any atom is 0.256 e. The Bertz CT molecular complexity index is 633. The van der Waals surface area contributed by atoms with Gasteiger partial charge in [-0.1, -0.05) is 48.1 Å². The molecule has 110 valence electrons. The van der Waals surface area contributed by atoms with Gasteiger partial charge < -0.3 is 10.4 Å². The molecule has 4 nitrogen and oxygen atoms in total. The van der Waals surface area contributed by atoms with E-state index in [9.17, 15) is 9.90 Å². The summed E-state index contributed by atoms with van der Waals surface area (Å²) in [5.41, 5.74) is -0.274. The quantitative estimate of drug-likeness (QED) is 0.911. The van der Waals surface area contributed by atoms with Crippen molar-refractivity contribution in [2.75, 3.05) is 5.32 Å². The summed E-state index contributed by atoms with van der Waals surface area (Å²) in [5.74, 6) is -0.269. The summed E-state index contributed by atoms with van der Waals surface area (Å²) in [6.07, 6.45) is 4.56. The third-order valence-corrected chi connectivity index (χ3v) is 5.08. The Morgan fingerprint density at radius 2 is 2.10 bits per heavy atom. The maximum atomic E-state index is 12.2. The molecule has 1 aromatic heterocycles. The van der Waals surface area contributed by atoms with Crippen molar-refractivity contribution in [2.24, 2.45) is 5.92 Å². The number of rotatable bonds is 4. The van der Waals surface area contributed by atoms with Crippen LogP contribution in [0.15, 0.2) is 36.5 Å². The average Bonchev–Trinajstić information content (AvgIpc) is 2.85. The number of thiazole rings is 1. The van der Waals surface area contributed by atoms with Crippen LogP contribution in [0.3, 0.4) is 0 Å². The minimum atomic E-state index is -1.30. The molecule has 1 aromatic carbocycles. The van der Waals surface area contributed by atoms with Gasteiger partial charge in [0, 0.05) is 5.56 Å². The van der Waals surface area contributed by atoms with Crippen LogP contribution in [0.1, 0.15) is 26.2 Å². The number of nitrogens with zero attached hydrogens (tertiary/aromatic N) is 1. The van der Waals surface area contributed by atoms with Crippen LogP contribution in [0.25, 0.3) is 10.6 Å². The maximum absolute atomic E-state index is 12.2. The summed E-state index contributed by atoms with van der Waals surface area (Å²) in [7, 11) is 0. The highest BCUT2D eigenvalue weighted by Crippen LogP contribution is 2.37. The zero-order valence-corrected chi connectivity index (χ0v) is 12.7. The number of anilines is 1. The Balaban J connectivity index is 1.71. The molecule has 1 unspecified atom stereocenters. The van der Waals surface area contributed by atoms with Crippen LogP contribution in [-0.2, 0) is 4.79 Å². The van der Waals surface area contributed by atoms with Gasteiger partial charge in [0.15, 0.2) is 0 Å². The van der Waals surface area contributed by atoms with Gasteiger partial charge in [0.1, 0.15) is 15.6 Å². The normalized spacial score (nSPS) is 17.8. The first kappa shape index (κ1) is 14.2. The fourth-order valence-electron chi connectivity index (χ4n) is 2.44. The molecule has 1 aliphatic rings. The highest BCUT2D eigenvalue weighted by atomic mass is 32.1. The third-order valence-electron chi connectivity index (χ3n) is 4.12. The second-order valence-corrected chi connectivity index (χ2v) is 6.66. The van der Waals surface area contributed by atoms with Gasteiger partial charge in [0.25, 0.3) is 5.91 Å². The van der Waals surface area contributed by atoms with Crippen LogP contribution in [-0.4, -0.2) is 21.6 Å². The van der Waals surface area contributed by atoms with Crippen LogP contribution >= 0.6 is 11.3 Å². The second kappa shape index (κ2) is 5.58. The van der Waals surface area contributed by atoms with Gasteiger partial charge in [0.05, 0.1) is 6.20 Å². The van der Waals surface area contributed by atoms with E-state index in [0.29, 0.717) is 5.00 Å². The predicted octanol–water partition coefficient (Wildman–Crippen LogP) is 3.30. The van der Waals surface area contributed by atoms with E-state index in [4.69, 9.17) is 0 Å². The first-order chi connectivity index (χ1) is 10.1. The molecule has 1 amide bonds. The number of carbonyl (C=O) groups excluding carboxylic acids is 1. The zero-order valence-electron chi connectivity index (χ0n) is 11.9. The summed E-state index contributed by atoms with van der Waals surface area (Å²) < 4.78 is 0. The van der Waals surface area contributed by atoms with Crippen LogP contribution in [0.4, 0.5) is 5.00 Å². The standard InChI is InChI=1S/C16H18N2O2S/c1-16(20,12-8-5-9-12)15(19)18-13-10-17-14(21-13)11-6-3-2-4-7-11/h2-4,6-7,10,12,20H,5,8-9H2,1H3,(H,18,19). The smallest absolute Gasteiger partial charge is 0.256 e. The van der Waals surface area contributed by atoms with Gasteiger partial charge >= 0.3 is 0 Å². The van der Waals surface area contributed by atoms with Crippen molar-refractivity contribution >= 4 is 22.2 Å². The number of amides is 1. The molecule has 1 fully saturated rings. The first-order valence-corrected chi connectivity index (χ1v) is 7.94. The van der Waals surface area contributed by atoms with Crippen molar-refractivity contribution < 1.29 is 9.90 Å². The predicted molar refractivity (Wildman–Crippen MR) is 84.1 cm³/mol. The molecule has 1 saturated carbocycles. The van der Waals surface area contributed by atoms with Gasteiger partial charge in [0.2, 0.25) is 0 Å². The number of nitrogens with one attached hydrogen (secondary N) is 1. The van der Waals surface area contributed by atoms with Gasteiger partial charge in [-0.25, -0.2) is 4.98 Å². The van der Waals surface area contributed by atoms with E-state index in [1.54, 1.807) is 13.1 Å². The van der Waals surface area contributed by atoms with E-state index in [2.05, 4.69) is 10.3 Å². The van der Waals surface area contributed by atoms with E-state index in [0.717, 1.165) is 29.8 Å². The minimum absolute atomic E-state index is 0.0685. The number of benzene rings is 1. The third kappa shape index (κ3) is 2.84. The molecule has 1 aliphatic carbocycles. The highest BCUT2D eigenvalue weighted by Gasteiger charge is 2.42. The van der Waals surface area contributed by atoms with Crippen LogP contribution in [0, 0.1) is 5.92 Å². The van der Waals surface area contributed by atoms with Crippen molar-refractivity contribution in [1.29, 1.82) is 0 Å². The molecule has 3 rings (SSSR count). The van der Waals surface area contributed by atoms with Crippen LogP contribution in [0.5, 0.6) is 0 Å². The van der Waals surface area contributed by atoms with E-state index in [1.165, 1.54) is 11.3 Å². The molecule has 5 heteroatoms. The Kier molecular flexibility index (Phi) is 3.78. The summed E-state index contributed by atoms with van der Waals surface area (Å²) in [6, 6.07) is 9.83. The largest absolute Gasteiger partial charge is 0.380 e. The van der Waals surface area contributed by atoms with Crippen molar-refractivity contribution in [3.8, 4) is 10.6 Å². The van der Waals surface area contributed by atoms with E-state index >= 15 is 0 Å². The molecular weight excluding hydrogens is 284 g/mol. The molecule has 2 N–H and O–H groups in total. The molecule has 21 heavy (non-hydrogen) atoms. The molecular formula is C16H18N2O2S. The lowest BCUT2D eigenvalue weighted by Gasteiger charge is -2.37. The zero-order chi connectivity index (χ0) is 14.9. The molecule has 0 aliphatic heterocycles. The summed E-state index contributed by atoms with van der Waals surface area (Å²) >= 11 is 1.41. The molecule has 0 radical (unpaired) electrons. The summed E-state index contributed by atoms with van der Waals surface area (Å²) in [6.45, 7) is 1.60. The molecule has 0 saturated heterocycles. The van der Waals surface area contributed by atoms with Gasteiger partial charge in [-0.2, -0.15) is 0 Å². The lowest BCUT2D eigenvalue weighted by atomic mass is 9.73. The first-order valence-electron chi connectivity index (χ1n) is 7.12. The van der Waals surface area contributed by atoms with E-state index in [-0.39, 0.29) is 11.8 Å². The van der Waals surface area contributed by atoms with E-state index in [1.807, 2.05) is 30.3 Å². The molecule has 1 atom stereocenters. The number of hydrogen-bond donors (Lipinski definition) is 2. The minimum Gasteiger partial charge on any atom is -0.380 e. The summed E-state index contributed by atoms with van der Waals surface area (Å²) in [5, 5.41) is 14.7. The van der Waals surface area contributed by atoms with Crippen molar-refractivity contribution in [2.45, 2.75) is 31.8 Å². The average molecular weight is 302 g/mol. The fraction of sp³-hybridized carbons (Fsp3) is 0.375. The number of aromatic nitrogens is 1. The topological polar surface area (TPSA) is 62.2 Å². The van der Waals surface area contributed by atoms with Crippen molar-refractivity contribution in [3.05, 3.63) is 36.5 Å². The Morgan fingerprint density at radius 1 is 1.38 bits per heavy atom. The van der Waals surface area contributed by atoms with Crippen LogP contribution in [0.2, 0.25) is 0 Å². The monoisotopic (exact) mass is 302 g/mol. The highest BCUT2D eigenvalue weighted by molar-refractivity contribution is 7.19. The van der Waals surface area contributed by atoms with Gasteiger partial charge in [-0.05, 0) is 25.7 Å². The molecule has 1 heterocycles. The Morgan fingerprint density at radius 3 is 2.71 bits per heavy atom. The Labute approximate surface area is 127 Å². The fourth-order valence-corrected chi connectivity index (χ4v) is 3.26. The molecule has 2 aromatic rings. The second-order valence-electron chi connectivity index (χ2n) is 5.63. The van der Waals surface area contributed by atoms with Crippen LogP contribution < -0.4 is 5.32 Å². The number of carbonyl (C=O) groups is 1. The number of aliphatic hydroxyl groups is 1. The van der Waals surface area contributed by atoms with Gasteiger partial charge in [-0.3, -0.25) is 4.79 Å². The number of hydrogen-bond acceptors (Lipinski definition) is 4. The molecule has 0 spiro atoms.